The molecule has 0 aliphatic carbocycles. The molecule has 1 aliphatic heterocycles. The van der Waals surface area contributed by atoms with E-state index in [1.807, 2.05) is 43.4 Å². The van der Waals surface area contributed by atoms with Gasteiger partial charge in [-0.05, 0) is 52.2 Å². The Labute approximate surface area is 191 Å². The number of nitrogens with one attached hydrogen (secondary N) is 2. The van der Waals surface area contributed by atoms with Crippen molar-refractivity contribution < 1.29 is 50.9 Å². The molecule has 0 atom stereocenters. The Bertz CT molecular complexity index is 758. The highest BCUT2D eigenvalue weighted by Crippen LogP contribution is 2.23. The van der Waals surface area contributed by atoms with Crippen LogP contribution >= 0.6 is 0 Å². The second kappa shape index (κ2) is 13.7. The molecule has 1 saturated heterocycles. The van der Waals surface area contributed by atoms with E-state index in [4.69, 9.17) is 19.8 Å². The molecule has 0 radical (unpaired) electrons. The first-order valence-electron chi connectivity index (χ1n) is 9.65. The van der Waals surface area contributed by atoms with Crippen LogP contribution in [0.25, 0.3) is 0 Å². The zero-order valence-corrected chi connectivity index (χ0v) is 18.3. The molecule has 2 rings (SSSR count). The number of hydrogen-bond acceptors (Lipinski definition) is 6. The van der Waals surface area contributed by atoms with E-state index in [-0.39, 0.29) is 11.4 Å². The third-order valence-corrected chi connectivity index (χ3v) is 4.16. The van der Waals surface area contributed by atoms with E-state index in [2.05, 4.69) is 15.6 Å². The Hall–Kier alpha value is -2.94. The van der Waals surface area contributed by atoms with Gasteiger partial charge in [-0.1, -0.05) is 6.07 Å². The molecule has 0 saturated carbocycles. The van der Waals surface area contributed by atoms with Gasteiger partial charge in [-0.15, -0.1) is 0 Å². The van der Waals surface area contributed by atoms with Gasteiger partial charge < -0.3 is 25.7 Å². The quantitative estimate of drug-likeness (QED) is 0.446. The van der Waals surface area contributed by atoms with E-state index >= 15 is 0 Å². The Balaban J connectivity index is 0.000000642. The summed E-state index contributed by atoms with van der Waals surface area (Å²) in [6.07, 6.45) is -5.66. The molecule has 1 aromatic heterocycles. The Kier molecular flexibility index (Phi) is 12.5. The van der Waals surface area contributed by atoms with Crippen LogP contribution in [0.15, 0.2) is 24.4 Å². The highest BCUT2D eigenvalue weighted by molar-refractivity contribution is 5.79. The molecule has 9 nitrogen and oxygen atoms in total. The molecule has 1 fully saturated rings. The van der Waals surface area contributed by atoms with Crippen LogP contribution in [0.3, 0.4) is 0 Å². The summed E-state index contributed by atoms with van der Waals surface area (Å²) in [6, 6.07) is 5.95. The van der Waals surface area contributed by atoms with Crippen molar-refractivity contribution in [2.45, 2.75) is 37.2 Å². The predicted octanol–water partition coefficient (Wildman–Crippen LogP) is 1.69. The molecular weight excluding hydrogens is 478 g/mol. The largest absolute Gasteiger partial charge is 0.490 e. The normalized spacial score (nSPS) is 15.2. The fourth-order valence-electron chi connectivity index (χ4n) is 2.72. The standard InChI is InChI=1S/C15H24N4O.2C2HF3O2/c1-19(2)12-14(20)18-15(6-9-16-10-7-15)11-13-5-3-4-8-17-13;2*3-2(4,5)1(6)7/h3-5,8,16H,6-7,9-12H2,1-2H3,(H,18,20);2*(H,6,7). The summed E-state index contributed by atoms with van der Waals surface area (Å²) in [5, 5.41) is 20.9. The first-order valence-corrected chi connectivity index (χ1v) is 9.65. The monoisotopic (exact) mass is 504 g/mol. The number of carbonyl (C=O) groups is 3. The second-order valence-corrected chi connectivity index (χ2v) is 7.42. The Morgan fingerprint density at radius 1 is 1.03 bits per heavy atom. The SMILES string of the molecule is CN(C)CC(=O)NC1(Cc2ccccn2)CCNCC1.O=C(O)C(F)(F)F.O=C(O)C(F)(F)F. The van der Waals surface area contributed by atoms with Crippen LogP contribution in [0.5, 0.6) is 0 Å². The van der Waals surface area contributed by atoms with Crippen LogP contribution in [-0.2, 0) is 20.8 Å². The first kappa shape index (κ1) is 31.1. The first-order chi connectivity index (χ1) is 15.5. The smallest absolute Gasteiger partial charge is 0.475 e. The van der Waals surface area contributed by atoms with Gasteiger partial charge in [-0.3, -0.25) is 9.78 Å². The van der Waals surface area contributed by atoms with Gasteiger partial charge in [-0.25, -0.2) is 9.59 Å². The number of nitrogens with zero attached hydrogens (tertiary/aromatic N) is 2. The van der Waals surface area contributed by atoms with E-state index in [0.717, 1.165) is 38.0 Å². The van der Waals surface area contributed by atoms with Gasteiger partial charge in [0.05, 0.1) is 6.54 Å². The van der Waals surface area contributed by atoms with Crippen LogP contribution in [0, 0.1) is 0 Å². The third kappa shape index (κ3) is 13.6. The molecular formula is C19H26F6N4O5. The van der Waals surface area contributed by atoms with Gasteiger partial charge in [0.25, 0.3) is 0 Å². The number of alkyl halides is 6. The van der Waals surface area contributed by atoms with Gasteiger partial charge in [0.15, 0.2) is 0 Å². The van der Waals surface area contributed by atoms with Crippen molar-refractivity contribution in [3.8, 4) is 0 Å². The number of carboxylic acids is 2. The number of hydrogen-bond donors (Lipinski definition) is 4. The van der Waals surface area contributed by atoms with Crippen molar-refractivity contribution in [2.75, 3.05) is 33.7 Å². The van der Waals surface area contributed by atoms with Gasteiger partial charge in [0.2, 0.25) is 5.91 Å². The van der Waals surface area contributed by atoms with Crippen LogP contribution in [0.4, 0.5) is 26.3 Å². The fraction of sp³-hybridized carbons (Fsp3) is 0.579. The second-order valence-electron chi connectivity index (χ2n) is 7.42. The van der Waals surface area contributed by atoms with Gasteiger partial charge >= 0.3 is 24.3 Å². The minimum atomic E-state index is -5.08. The molecule has 4 N–H and O–H groups in total. The molecule has 0 aromatic carbocycles. The van der Waals surface area contributed by atoms with E-state index in [1.54, 1.807) is 0 Å². The number of likely N-dealkylation sites (N-methyl/N-ethyl adjacent to an activating group) is 1. The van der Waals surface area contributed by atoms with E-state index in [1.165, 1.54) is 0 Å². The highest BCUT2D eigenvalue weighted by Gasteiger charge is 2.39. The molecule has 0 spiro atoms. The predicted molar refractivity (Wildman–Crippen MR) is 107 cm³/mol. The maximum Gasteiger partial charge on any atom is 0.490 e. The molecule has 194 valence electrons. The number of carboxylic acid groups (broad SMARTS) is 2. The zero-order valence-electron chi connectivity index (χ0n) is 18.3. The lowest BCUT2D eigenvalue weighted by atomic mass is 9.83. The lowest BCUT2D eigenvalue weighted by Crippen LogP contribution is -2.57. The molecule has 1 aliphatic rings. The van der Waals surface area contributed by atoms with Crippen molar-refractivity contribution in [3.63, 3.8) is 0 Å². The van der Waals surface area contributed by atoms with E-state index in [9.17, 15) is 31.1 Å². The molecule has 2 heterocycles. The lowest BCUT2D eigenvalue weighted by Gasteiger charge is -2.38. The van der Waals surface area contributed by atoms with Crippen LogP contribution < -0.4 is 10.6 Å². The van der Waals surface area contributed by atoms with Crippen molar-refractivity contribution in [1.29, 1.82) is 0 Å². The molecule has 1 amide bonds. The average Bonchev–Trinajstić information content (AvgIpc) is 2.68. The van der Waals surface area contributed by atoms with Crippen LogP contribution in [0.2, 0.25) is 0 Å². The molecule has 34 heavy (non-hydrogen) atoms. The van der Waals surface area contributed by atoms with Crippen LogP contribution in [-0.4, -0.2) is 89.6 Å². The lowest BCUT2D eigenvalue weighted by molar-refractivity contribution is -0.193. The zero-order chi connectivity index (χ0) is 26.6. The molecule has 15 heteroatoms. The summed E-state index contributed by atoms with van der Waals surface area (Å²) in [4.78, 5) is 36.2. The van der Waals surface area contributed by atoms with Gasteiger partial charge in [-0.2, -0.15) is 26.3 Å². The van der Waals surface area contributed by atoms with Crippen molar-refractivity contribution in [1.82, 2.24) is 20.5 Å². The highest BCUT2D eigenvalue weighted by atomic mass is 19.4. The summed E-state index contributed by atoms with van der Waals surface area (Å²) in [5.74, 6) is -5.42. The number of halogens is 6. The summed E-state index contributed by atoms with van der Waals surface area (Å²) >= 11 is 0. The average molecular weight is 504 g/mol. The number of pyridine rings is 1. The molecule has 1 aromatic rings. The summed E-state index contributed by atoms with van der Waals surface area (Å²) in [6.45, 7) is 2.31. The van der Waals surface area contributed by atoms with Crippen molar-refractivity contribution >= 4 is 17.8 Å². The summed E-state index contributed by atoms with van der Waals surface area (Å²) in [5.41, 5.74) is 0.881. The van der Waals surface area contributed by atoms with Gasteiger partial charge in [0, 0.05) is 23.9 Å². The Morgan fingerprint density at radius 3 is 1.85 bits per heavy atom. The van der Waals surface area contributed by atoms with Crippen LogP contribution in [0.1, 0.15) is 18.5 Å². The maximum absolute atomic E-state index is 12.1. The number of amides is 1. The number of aromatic nitrogens is 1. The topological polar surface area (TPSA) is 132 Å². The number of piperidine rings is 1. The van der Waals surface area contributed by atoms with Crippen molar-refractivity contribution in [3.05, 3.63) is 30.1 Å². The number of carbonyl (C=O) groups excluding carboxylic acids is 1. The van der Waals surface area contributed by atoms with E-state index in [0.29, 0.717) is 6.54 Å². The summed E-state index contributed by atoms with van der Waals surface area (Å²) < 4.78 is 63.5. The molecule has 0 unspecified atom stereocenters. The Morgan fingerprint density at radius 2 is 1.50 bits per heavy atom. The third-order valence-electron chi connectivity index (χ3n) is 4.16. The minimum absolute atomic E-state index is 0.0906. The fourth-order valence-corrected chi connectivity index (χ4v) is 2.72. The van der Waals surface area contributed by atoms with E-state index < -0.39 is 24.3 Å². The maximum atomic E-state index is 12.1. The molecule has 0 bridgehead atoms. The number of aliphatic carboxylic acids is 2. The summed E-state index contributed by atoms with van der Waals surface area (Å²) in [7, 11) is 3.82. The van der Waals surface area contributed by atoms with Crippen molar-refractivity contribution in [2.24, 2.45) is 0 Å². The minimum Gasteiger partial charge on any atom is -0.475 e. The number of rotatable bonds is 5. The van der Waals surface area contributed by atoms with Gasteiger partial charge in [0.1, 0.15) is 0 Å².